The number of hydrogen-bond donors (Lipinski definition) is 0. The molecule has 0 unspecified atom stereocenters. The van der Waals surface area contributed by atoms with Crippen LogP contribution in [-0.2, 0) is 31.3 Å². The van der Waals surface area contributed by atoms with Crippen molar-refractivity contribution in [3.63, 3.8) is 0 Å². The number of benzene rings is 6. The molecule has 0 saturated carbocycles. The van der Waals surface area contributed by atoms with Crippen molar-refractivity contribution in [3.8, 4) is 78.8 Å². The Balaban J connectivity index is 0.00000400. The van der Waals surface area contributed by atoms with E-state index < -0.39 is 0 Å². The first-order valence-electron chi connectivity index (χ1n) is 17.5. The molecule has 0 bridgehead atoms. The maximum Gasteiger partial charge on any atom is 0.164 e. The second kappa shape index (κ2) is 14.0. The average molecular weight is 712 g/mol. The van der Waals surface area contributed by atoms with Gasteiger partial charge < -0.3 is 4.98 Å². The number of hydrogen-bond acceptors (Lipinski definition) is 4. The summed E-state index contributed by atoms with van der Waals surface area (Å²) >= 11 is 0. The summed E-state index contributed by atoms with van der Waals surface area (Å²) in [6.45, 7) is 9.15. The summed E-state index contributed by atoms with van der Waals surface area (Å²) in [5.41, 5.74) is 15.0. The van der Waals surface area contributed by atoms with Crippen LogP contribution in [0, 0.1) is 13.1 Å². The third-order valence-electron chi connectivity index (χ3n) is 10.1. The van der Waals surface area contributed by atoms with Crippen LogP contribution in [0.25, 0.3) is 78.8 Å². The third-order valence-corrected chi connectivity index (χ3v) is 10.1. The van der Waals surface area contributed by atoms with Gasteiger partial charge in [-0.25, -0.2) is 15.0 Å². The van der Waals surface area contributed by atoms with Gasteiger partial charge in [0.25, 0.3) is 0 Å². The Labute approximate surface area is 329 Å². The normalized spacial score (nSPS) is 12.4. The third kappa shape index (κ3) is 6.36. The van der Waals surface area contributed by atoms with Gasteiger partial charge in [0, 0.05) is 47.9 Å². The van der Waals surface area contributed by atoms with Crippen LogP contribution in [0.2, 0.25) is 0 Å². The molecule has 6 aromatic carbocycles. The number of fused-ring (bicyclic) bond motifs is 3. The summed E-state index contributed by atoms with van der Waals surface area (Å²) < 4.78 is 0. The molecule has 0 aliphatic heterocycles. The first-order chi connectivity index (χ1) is 25.4. The smallest absolute Gasteiger partial charge is 0.164 e. The first-order valence-corrected chi connectivity index (χ1v) is 17.5. The number of nitrogens with zero attached hydrogens (tertiary/aromatic N) is 4. The van der Waals surface area contributed by atoms with E-state index in [1.807, 2.05) is 84.9 Å². The predicted octanol–water partition coefficient (Wildman–Crippen LogP) is 11.6. The second-order valence-corrected chi connectivity index (χ2v) is 13.8. The fraction of sp³-hybridized carbons (Fsp3) is 0.0625. The molecule has 1 aliphatic carbocycles. The van der Waals surface area contributed by atoms with Crippen LogP contribution in [0.5, 0.6) is 0 Å². The summed E-state index contributed by atoms with van der Waals surface area (Å²) in [7, 11) is 0. The van der Waals surface area contributed by atoms with E-state index in [1.54, 1.807) is 0 Å². The molecule has 0 atom stereocenters. The van der Waals surface area contributed by atoms with Crippen molar-refractivity contribution in [3.05, 3.63) is 188 Å². The first kappa shape index (κ1) is 34.3. The summed E-state index contributed by atoms with van der Waals surface area (Å²) in [4.78, 5) is 19.4. The van der Waals surface area contributed by atoms with Gasteiger partial charge >= 0.3 is 0 Å². The Kier molecular flexibility index (Phi) is 9.05. The Bertz CT molecular complexity index is 2540. The van der Waals surface area contributed by atoms with Crippen molar-refractivity contribution < 1.29 is 25.8 Å². The van der Waals surface area contributed by atoms with Crippen molar-refractivity contribution in [2.45, 2.75) is 19.3 Å². The van der Waals surface area contributed by atoms with Crippen molar-refractivity contribution in [1.82, 2.24) is 19.9 Å². The van der Waals surface area contributed by atoms with E-state index in [0.717, 1.165) is 55.8 Å². The van der Waals surface area contributed by atoms with Gasteiger partial charge in [-0.2, -0.15) is 24.6 Å². The minimum Gasteiger partial charge on any atom is -0.386 e. The molecule has 4 nitrogen and oxygen atoms in total. The standard InChI is InChI=1S/C48H34N4.Sc/c1-31-26-42-41(30-40(31)37-21-13-20-35(27-37)36-24-25-49-44(29-36)32-14-7-4-8-15-32)39-23-22-38(28-43(39)48(42,2)3)47-51-45(33-16-9-5-10-17-33)50-46(52-47)34-18-11-6-12-19-34;/h4-24,26-30H,1H2,2-3H3;/q-2;. The molecule has 1 aliphatic rings. The summed E-state index contributed by atoms with van der Waals surface area (Å²) in [6.07, 6.45) is 3.12. The van der Waals surface area contributed by atoms with Crippen molar-refractivity contribution >= 4 is 0 Å². The van der Waals surface area contributed by atoms with Crippen LogP contribution in [0.4, 0.5) is 0 Å². The number of pyridine rings is 1. The molecule has 251 valence electrons. The van der Waals surface area contributed by atoms with Gasteiger partial charge in [0.15, 0.2) is 17.5 Å². The number of rotatable bonds is 6. The zero-order valence-corrected chi connectivity index (χ0v) is 31.4. The molecule has 2 aromatic heterocycles. The maximum atomic E-state index is 5.01. The van der Waals surface area contributed by atoms with Crippen LogP contribution in [0.1, 0.15) is 30.5 Å². The minimum atomic E-state index is -0.244. The largest absolute Gasteiger partial charge is 0.386 e. The Morgan fingerprint density at radius 1 is 0.453 bits per heavy atom. The predicted molar refractivity (Wildman–Crippen MR) is 211 cm³/mol. The van der Waals surface area contributed by atoms with Gasteiger partial charge in [-0.05, 0) is 28.5 Å². The van der Waals surface area contributed by atoms with Gasteiger partial charge in [-0.15, -0.1) is 23.3 Å². The Morgan fingerprint density at radius 3 is 1.64 bits per heavy atom. The van der Waals surface area contributed by atoms with Gasteiger partial charge in [-0.3, -0.25) is 0 Å². The van der Waals surface area contributed by atoms with Gasteiger partial charge in [0.1, 0.15) is 0 Å². The van der Waals surface area contributed by atoms with Crippen LogP contribution in [-0.4, -0.2) is 19.9 Å². The van der Waals surface area contributed by atoms with Crippen LogP contribution in [0.3, 0.4) is 0 Å². The fourth-order valence-corrected chi connectivity index (χ4v) is 7.35. The average Bonchev–Trinajstić information content (AvgIpc) is 3.42. The molecule has 0 spiro atoms. The number of aromatic nitrogens is 4. The van der Waals surface area contributed by atoms with Gasteiger partial charge in [0.2, 0.25) is 0 Å². The van der Waals surface area contributed by atoms with Crippen LogP contribution in [0.15, 0.2) is 158 Å². The van der Waals surface area contributed by atoms with E-state index in [2.05, 4.69) is 105 Å². The van der Waals surface area contributed by atoms with Crippen LogP contribution < -0.4 is 0 Å². The molecule has 0 saturated heterocycles. The molecule has 0 amide bonds. The molecule has 1 radical (unpaired) electrons. The summed E-state index contributed by atoms with van der Waals surface area (Å²) in [6, 6.07) is 54.4. The summed E-state index contributed by atoms with van der Waals surface area (Å²) in [5, 5.41) is 0. The van der Waals surface area contributed by atoms with E-state index >= 15 is 0 Å². The van der Waals surface area contributed by atoms with E-state index in [0.29, 0.717) is 17.5 Å². The molecule has 0 N–H and O–H groups in total. The molecular formula is C48H34N4Sc-2. The van der Waals surface area contributed by atoms with E-state index in [-0.39, 0.29) is 31.3 Å². The van der Waals surface area contributed by atoms with Gasteiger partial charge in [-0.1, -0.05) is 170 Å². The van der Waals surface area contributed by atoms with Crippen LogP contribution >= 0.6 is 0 Å². The summed E-state index contributed by atoms with van der Waals surface area (Å²) in [5.74, 6) is 1.96. The van der Waals surface area contributed by atoms with E-state index in [9.17, 15) is 0 Å². The van der Waals surface area contributed by atoms with Crippen molar-refractivity contribution in [2.24, 2.45) is 0 Å². The second-order valence-electron chi connectivity index (χ2n) is 13.8. The van der Waals surface area contributed by atoms with Crippen molar-refractivity contribution in [1.29, 1.82) is 0 Å². The molecule has 53 heavy (non-hydrogen) atoms. The zero-order chi connectivity index (χ0) is 35.2. The van der Waals surface area contributed by atoms with E-state index in [1.165, 1.54) is 22.3 Å². The Hall–Kier alpha value is -5.78. The SMILES string of the molecule is [CH2-]c1cc2c(cc1-c1cccc(-c3c[c-]nc(-c4ccccc4)c3)c1)-c1ccc(-c3nc(-c4ccccc4)nc(-c4ccccc4)n3)cc1C2(C)C.[Sc]. The molecule has 9 rings (SSSR count). The Morgan fingerprint density at radius 2 is 1.00 bits per heavy atom. The van der Waals surface area contributed by atoms with E-state index in [4.69, 9.17) is 15.0 Å². The molecular weight excluding hydrogens is 678 g/mol. The van der Waals surface area contributed by atoms with Gasteiger partial charge in [0.05, 0.1) is 0 Å². The minimum absolute atomic E-state index is 0. The molecule has 8 aromatic rings. The quantitative estimate of drug-likeness (QED) is 0.161. The monoisotopic (exact) mass is 711 g/mol. The topological polar surface area (TPSA) is 51.6 Å². The zero-order valence-electron chi connectivity index (χ0n) is 29.6. The maximum absolute atomic E-state index is 5.01. The fourth-order valence-electron chi connectivity index (χ4n) is 7.35. The molecule has 2 heterocycles. The molecule has 0 fully saturated rings. The molecule has 5 heteroatoms. The van der Waals surface area contributed by atoms with Crippen molar-refractivity contribution in [2.75, 3.05) is 0 Å².